The van der Waals surface area contributed by atoms with Gasteiger partial charge in [0.25, 0.3) is 0 Å². The Balaban J connectivity index is 2.19. The van der Waals surface area contributed by atoms with Crippen molar-refractivity contribution < 1.29 is 24.9 Å². The lowest BCUT2D eigenvalue weighted by Crippen LogP contribution is -2.27. The fourth-order valence-corrected chi connectivity index (χ4v) is 5.34. The molecule has 0 aliphatic heterocycles. The van der Waals surface area contributed by atoms with Crippen LogP contribution in [0.5, 0.6) is 5.75 Å². The van der Waals surface area contributed by atoms with Gasteiger partial charge < -0.3 is 15.3 Å². The second-order valence-corrected chi connectivity index (χ2v) is 12.3. The summed E-state index contributed by atoms with van der Waals surface area (Å²) in [6.07, 6.45) is 7.00. The standard InChI is InChI=1S/C32H50O5/c1-18(2)10-9-11-20(5)13-17-26(33)21(6)14-16-25-30(35)27-24(15-12-19(3)4)22(7)23(8)29(34)28(27)32(37)31(25)36/h18-21,26,33-35H,9-17H2,1-8H3. The molecule has 1 aliphatic carbocycles. The minimum atomic E-state index is -0.752. The molecule has 5 nitrogen and oxygen atoms in total. The van der Waals surface area contributed by atoms with Gasteiger partial charge in [0.15, 0.2) is 0 Å². The van der Waals surface area contributed by atoms with Crippen LogP contribution in [0.25, 0.3) is 5.76 Å². The second-order valence-electron chi connectivity index (χ2n) is 12.3. The van der Waals surface area contributed by atoms with E-state index < -0.39 is 17.7 Å². The van der Waals surface area contributed by atoms with Gasteiger partial charge in [-0.25, -0.2) is 0 Å². The van der Waals surface area contributed by atoms with Crippen molar-refractivity contribution in [3.63, 3.8) is 0 Å². The Labute approximate surface area is 224 Å². The summed E-state index contributed by atoms with van der Waals surface area (Å²) in [6.45, 7) is 16.5. The monoisotopic (exact) mass is 514 g/mol. The normalized spacial score (nSPS) is 16.5. The summed E-state index contributed by atoms with van der Waals surface area (Å²) >= 11 is 0. The number of fused-ring (bicyclic) bond motifs is 1. The van der Waals surface area contributed by atoms with E-state index in [0.29, 0.717) is 48.1 Å². The molecule has 37 heavy (non-hydrogen) atoms. The molecule has 2 rings (SSSR count). The maximum absolute atomic E-state index is 13.1. The van der Waals surface area contributed by atoms with Gasteiger partial charge in [0.2, 0.25) is 11.6 Å². The number of phenols is 1. The Kier molecular flexibility index (Phi) is 11.4. The molecule has 0 aromatic heterocycles. The minimum Gasteiger partial charge on any atom is -0.507 e. The molecule has 5 heteroatoms. The minimum absolute atomic E-state index is 0.0624. The molecule has 1 aromatic carbocycles. The lowest BCUT2D eigenvalue weighted by Gasteiger charge is -2.26. The van der Waals surface area contributed by atoms with Gasteiger partial charge in [-0.2, -0.15) is 0 Å². The Morgan fingerprint density at radius 1 is 0.676 bits per heavy atom. The number of phenolic OH excluding ortho intramolecular Hbond substituents is 1. The fourth-order valence-electron chi connectivity index (χ4n) is 5.34. The molecular weight excluding hydrogens is 464 g/mol. The van der Waals surface area contributed by atoms with Crippen LogP contribution >= 0.6 is 0 Å². The number of Topliss-reactive ketones (excluding diaryl/α,β-unsaturated/α-hetero) is 2. The van der Waals surface area contributed by atoms with Crippen LogP contribution in [0.3, 0.4) is 0 Å². The van der Waals surface area contributed by atoms with E-state index in [-0.39, 0.29) is 35.0 Å². The number of aromatic hydroxyl groups is 1. The molecule has 1 aliphatic rings. The van der Waals surface area contributed by atoms with Gasteiger partial charge >= 0.3 is 0 Å². The first-order chi connectivity index (χ1) is 17.3. The molecule has 0 heterocycles. The summed E-state index contributed by atoms with van der Waals surface area (Å²) < 4.78 is 0. The molecule has 0 amide bonds. The van der Waals surface area contributed by atoms with Crippen molar-refractivity contribution in [2.45, 2.75) is 119 Å². The number of rotatable bonds is 14. The van der Waals surface area contributed by atoms with Gasteiger partial charge in [0.1, 0.15) is 11.5 Å². The van der Waals surface area contributed by atoms with Gasteiger partial charge in [-0.15, -0.1) is 0 Å². The van der Waals surface area contributed by atoms with Crippen LogP contribution in [0.2, 0.25) is 0 Å². The maximum Gasteiger partial charge on any atom is 0.237 e. The zero-order valence-corrected chi connectivity index (χ0v) is 24.4. The first-order valence-corrected chi connectivity index (χ1v) is 14.3. The molecule has 0 radical (unpaired) electrons. The van der Waals surface area contributed by atoms with E-state index in [9.17, 15) is 24.9 Å². The lowest BCUT2D eigenvalue weighted by molar-refractivity contribution is -0.112. The van der Waals surface area contributed by atoms with E-state index in [0.717, 1.165) is 24.0 Å². The van der Waals surface area contributed by atoms with Gasteiger partial charge in [-0.05, 0) is 92.7 Å². The molecule has 0 saturated heterocycles. The van der Waals surface area contributed by atoms with Crippen LogP contribution in [-0.4, -0.2) is 33.0 Å². The fraction of sp³-hybridized carbons (Fsp3) is 0.688. The number of aliphatic hydroxyl groups is 2. The van der Waals surface area contributed by atoms with Gasteiger partial charge in [0, 0.05) is 11.1 Å². The number of hydrogen-bond acceptors (Lipinski definition) is 5. The lowest BCUT2D eigenvalue weighted by atomic mass is 9.78. The molecule has 0 fully saturated rings. The quantitative estimate of drug-likeness (QED) is 0.222. The zero-order chi connectivity index (χ0) is 28.0. The van der Waals surface area contributed by atoms with E-state index >= 15 is 0 Å². The Bertz CT molecular complexity index is 1000. The van der Waals surface area contributed by atoms with Crippen molar-refractivity contribution in [2.75, 3.05) is 0 Å². The number of benzene rings is 1. The average Bonchev–Trinajstić information content (AvgIpc) is 2.83. The summed E-state index contributed by atoms with van der Waals surface area (Å²) in [6, 6.07) is 0. The molecule has 208 valence electrons. The van der Waals surface area contributed by atoms with Crippen molar-refractivity contribution in [1.29, 1.82) is 0 Å². The van der Waals surface area contributed by atoms with E-state index in [1.807, 2.05) is 13.8 Å². The third kappa shape index (κ3) is 7.69. The Morgan fingerprint density at radius 3 is 1.89 bits per heavy atom. The van der Waals surface area contributed by atoms with Crippen LogP contribution in [0.15, 0.2) is 5.57 Å². The molecule has 1 aromatic rings. The number of ketones is 2. The number of carbonyl (C=O) groups excluding carboxylic acids is 2. The third-order valence-corrected chi connectivity index (χ3v) is 8.30. The van der Waals surface area contributed by atoms with Crippen molar-refractivity contribution >= 4 is 17.3 Å². The molecule has 0 saturated carbocycles. The number of allylic oxidation sites excluding steroid dienone is 1. The van der Waals surface area contributed by atoms with E-state index in [1.165, 1.54) is 19.3 Å². The van der Waals surface area contributed by atoms with Gasteiger partial charge in [-0.3, -0.25) is 9.59 Å². The number of hydrogen-bond donors (Lipinski definition) is 3. The van der Waals surface area contributed by atoms with Crippen molar-refractivity contribution in [3.05, 3.63) is 33.4 Å². The highest BCUT2D eigenvalue weighted by Gasteiger charge is 2.38. The van der Waals surface area contributed by atoms with Crippen LogP contribution in [0, 0.1) is 37.5 Å². The van der Waals surface area contributed by atoms with Crippen molar-refractivity contribution in [2.24, 2.45) is 23.7 Å². The van der Waals surface area contributed by atoms with Gasteiger partial charge in [-0.1, -0.05) is 60.8 Å². The van der Waals surface area contributed by atoms with Crippen molar-refractivity contribution in [3.8, 4) is 5.75 Å². The number of aliphatic hydroxyl groups excluding tert-OH is 2. The summed E-state index contributed by atoms with van der Waals surface area (Å²) in [4.78, 5) is 26.2. The average molecular weight is 515 g/mol. The third-order valence-electron chi connectivity index (χ3n) is 8.30. The van der Waals surface area contributed by atoms with E-state index in [2.05, 4.69) is 34.6 Å². The first kappa shape index (κ1) is 31.1. The Hall–Kier alpha value is -2.14. The molecular formula is C32H50O5. The highest BCUT2D eigenvalue weighted by molar-refractivity contribution is 6.52. The molecule has 0 spiro atoms. The smallest absolute Gasteiger partial charge is 0.237 e. The zero-order valence-electron chi connectivity index (χ0n) is 24.4. The maximum atomic E-state index is 13.1. The van der Waals surface area contributed by atoms with Crippen LogP contribution < -0.4 is 0 Å². The highest BCUT2D eigenvalue weighted by Crippen LogP contribution is 2.42. The number of carbonyl (C=O) groups is 2. The van der Waals surface area contributed by atoms with E-state index in [4.69, 9.17) is 0 Å². The SMILES string of the molecule is Cc1c(C)c(CCC(C)C)c2c(c1O)C(=O)C(=O)C(CCC(C)C(O)CCC(C)CCCC(C)C)=C2O. The van der Waals surface area contributed by atoms with Crippen LogP contribution in [0.4, 0.5) is 0 Å². The highest BCUT2D eigenvalue weighted by atomic mass is 16.3. The largest absolute Gasteiger partial charge is 0.507 e. The molecule has 3 N–H and O–H groups in total. The topological polar surface area (TPSA) is 94.8 Å². The van der Waals surface area contributed by atoms with Crippen molar-refractivity contribution in [1.82, 2.24) is 0 Å². The van der Waals surface area contributed by atoms with Crippen LogP contribution in [0.1, 0.15) is 126 Å². The molecule has 3 unspecified atom stereocenters. The summed E-state index contributed by atoms with van der Waals surface area (Å²) in [5.41, 5.74) is 2.61. The predicted octanol–water partition coefficient (Wildman–Crippen LogP) is 7.65. The van der Waals surface area contributed by atoms with E-state index in [1.54, 1.807) is 6.92 Å². The first-order valence-electron chi connectivity index (χ1n) is 14.3. The van der Waals surface area contributed by atoms with Gasteiger partial charge in [0.05, 0.1) is 11.7 Å². The summed E-state index contributed by atoms with van der Waals surface area (Å²) in [5.74, 6) is -0.264. The molecule has 3 atom stereocenters. The van der Waals surface area contributed by atoms with Crippen LogP contribution in [-0.2, 0) is 11.2 Å². The summed E-state index contributed by atoms with van der Waals surface area (Å²) in [5, 5.41) is 32.8. The Morgan fingerprint density at radius 2 is 1.30 bits per heavy atom. The second kappa shape index (κ2) is 13.6. The summed E-state index contributed by atoms with van der Waals surface area (Å²) in [7, 11) is 0. The predicted molar refractivity (Wildman–Crippen MR) is 151 cm³/mol. The molecule has 0 bridgehead atoms.